The Balaban J connectivity index is 0. The Morgan fingerprint density at radius 2 is 0.545 bits per heavy atom. The van der Waals surface area contributed by atoms with E-state index in [0.29, 0.717) is 39.6 Å². The van der Waals surface area contributed by atoms with Crippen LogP contribution in [0.3, 0.4) is 0 Å². The Bertz CT molecular complexity index is 177. The van der Waals surface area contributed by atoms with Crippen molar-refractivity contribution in [3.05, 3.63) is 0 Å². The van der Waals surface area contributed by atoms with Crippen LogP contribution in [0.25, 0.3) is 0 Å². The summed E-state index contributed by atoms with van der Waals surface area (Å²) in [4.78, 5) is 0. The van der Waals surface area contributed by atoms with E-state index in [1.165, 1.54) is 0 Å². The normalized spacial score (nSPS) is 12.0. The average Bonchev–Trinajstić information content (AvgIpc) is 2.40. The van der Waals surface area contributed by atoms with Crippen molar-refractivity contribution in [1.82, 2.24) is 0 Å². The van der Waals surface area contributed by atoms with E-state index >= 15 is 0 Å². The van der Waals surface area contributed by atoms with E-state index < -0.39 is 11.9 Å². The molecule has 0 spiro atoms. The fourth-order valence-electron chi connectivity index (χ4n) is 1.82. The molecule has 136 valence electrons. The summed E-state index contributed by atoms with van der Waals surface area (Å²) in [5, 5.41) is 0. The van der Waals surface area contributed by atoms with Crippen molar-refractivity contribution in [2.24, 2.45) is 0 Å². The molecule has 0 aliphatic rings. The topological polar surface area (TPSA) is 55.4 Å². The third kappa shape index (κ3) is 12.3. The van der Waals surface area contributed by atoms with Crippen LogP contribution in [0.15, 0.2) is 0 Å². The van der Waals surface area contributed by atoms with E-state index in [0.717, 1.165) is 0 Å². The van der Waals surface area contributed by atoms with E-state index in [1.54, 1.807) is 13.8 Å². The van der Waals surface area contributed by atoms with Gasteiger partial charge >= 0.3 is 0 Å². The van der Waals surface area contributed by atoms with Crippen molar-refractivity contribution in [3.63, 3.8) is 0 Å². The third-order valence-electron chi connectivity index (χ3n) is 2.44. The average molecular weight is 324 g/mol. The highest BCUT2D eigenvalue weighted by Crippen LogP contribution is 2.14. The molecule has 0 aromatic heterocycles. The Kier molecular flexibility index (Phi) is 15.7. The van der Waals surface area contributed by atoms with Crippen molar-refractivity contribution < 1.29 is 28.4 Å². The molecule has 0 aliphatic heterocycles. The van der Waals surface area contributed by atoms with Crippen LogP contribution in [-0.4, -0.2) is 51.6 Å². The van der Waals surface area contributed by atoms with Gasteiger partial charge in [0.2, 0.25) is 0 Å². The Morgan fingerprint density at radius 1 is 0.409 bits per heavy atom. The highest BCUT2D eigenvalue weighted by atomic mass is 16.9. The van der Waals surface area contributed by atoms with Crippen LogP contribution in [0.4, 0.5) is 0 Å². The van der Waals surface area contributed by atoms with E-state index in [2.05, 4.69) is 0 Å². The van der Waals surface area contributed by atoms with Crippen LogP contribution in [0.1, 0.15) is 55.4 Å². The van der Waals surface area contributed by atoms with Crippen LogP contribution in [0, 0.1) is 0 Å². The van der Waals surface area contributed by atoms with Crippen LogP contribution in [0.2, 0.25) is 0 Å². The van der Waals surface area contributed by atoms with Crippen LogP contribution in [0.5, 0.6) is 0 Å². The van der Waals surface area contributed by atoms with E-state index in [1.807, 2.05) is 41.5 Å². The van der Waals surface area contributed by atoms with Gasteiger partial charge in [0.15, 0.2) is 0 Å². The van der Waals surface area contributed by atoms with Crippen molar-refractivity contribution in [1.29, 1.82) is 0 Å². The monoisotopic (exact) mass is 324 g/mol. The van der Waals surface area contributed by atoms with Crippen molar-refractivity contribution >= 4 is 0 Å². The van der Waals surface area contributed by atoms with Gasteiger partial charge in [-0.25, -0.2) is 0 Å². The highest BCUT2D eigenvalue weighted by molar-refractivity contribution is 4.46. The molecule has 22 heavy (non-hydrogen) atoms. The summed E-state index contributed by atoms with van der Waals surface area (Å²) in [6, 6.07) is 0. The minimum absolute atomic E-state index is 0.594. The summed E-state index contributed by atoms with van der Waals surface area (Å²) in [7, 11) is 0. The Labute approximate surface area is 136 Å². The number of ether oxygens (including phenoxy) is 6. The molecule has 0 heterocycles. The van der Waals surface area contributed by atoms with Gasteiger partial charge in [0.1, 0.15) is 0 Å². The minimum atomic E-state index is -0.849. The van der Waals surface area contributed by atoms with E-state index in [9.17, 15) is 0 Å². The molecule has 0 bridgehead atoms. The van der Waals surface area contributed by atoms with Crippen LogP contribution in [-0.2, 0) is 28.4 Å². The molecule has 0 rings (SSSR count). The van der Waals surface area contributed by atoms with E-state index in [4.69, 9.17) is 28.4 Å². The van der Waals surface area contributed by atoms with Gasteiger partial charge in [-0.1, -0.05) is 0 Å². The van der Waals surface area contributed by atoms with Crippen molar-refractivity contribution in [2.75, 3.05) is 39.6 Å². The lowest BCUT2D eigenvalue weighted by Gasteiger charge is -2.27. The summed E-state index contributed by atoms with van der Waals surface area (Å²) in [5.41, 5.74) is 0. The zero-order valence-electron chi connectivity index (χ0n) is 15.7. The molecule has 0 saturated heterocycles. The molecule has 0 N–H and O–H groups in total. The summed E-state index contributed by atoms with van der Waals surface area (Å²) < 4.78 is 31.6. The van der Waals surface area contributed by atoms with Crippen LogP contribution >= 0.6 is 0 Å². The fraction of sp³-hybridized carbons (Fsp3) is 1.00. The third-order valence-corrected chi connectivity index (χ3v) is 2.44. The van der Waals surface area contributed by atoms with Crippen molar-refractivity contribution in [2.45, 2.75) is 67.3 Å². The molecular formula is C16H36O6. The molecular weight excluding hydrogens is 288 g/mol. The van der Waals surface area contributed by atoms with Gasteiger partial charge in [0, 0.05) is 53.5 Å². The smallest absolute Gasteiger partial charge is 0.279 e. The first kappa shape index (κ1) is 24.0. The van der Waals surface area contributed by atoms with Gasteiger partial charge in [-0.15, -0.1) is 0 Å². The standard InChI is InChI=1S/2C8H18O3/c2*1-5-9-8(4,10-6-2)11-7-3/h2*5-7H2,1-4H3. The van der Waals surface area contributed by atoms with Gasteiger partial charge < -0.3 is 28.4 Å². The molecule has 0 saturated carbocycles. The second kappa shape index (κ2) is 14.4. The van der Waals surface area contributed by atoms with Gasteiger partial charge in [0.25, 0.3) is 11.9 Å². The maximum Gasteiger partial charge on any atom is 0.279 e. The van der Waals surface area contributed by atoms with Gasteiger partial charge in [-0.05, 0) is 41.5 Å². The first-order valence-electron chi connectivity index (χ1n) is 8.20. The number of hydrogen-bond donors (Lipinski definition) is 0. The highest BCUT2D eigenvalue weighted by Gasteiger charge is 2.25. The molecule has 0 aromatic rings. The lowest BCUT2D eigenvalue weighted by Crippen LogP contribution is -2.35. The summed E-state index contributed by atoms with van der Waals surface area (Å²) in [6.07, 6.45) is 0. The van der Waals surface area contributed by atoms with Crippen LogP contribution < -0.4 is 0 Å². The predicted molar refractivity (Wildman–Crippen MR) is 86.6 cm³/mol. The lowest BCUT2D eigenvalue weighted by molar-refractivity contribution is -0.366. The first-order valence-corrected chi connectivity index (χ1v) is 8.20. The Morgan fingerprint density at radius 3 is 0.636 bits per heavy atom. The maximum absolute atomic E-state index is 5.27. The summed E-state index contributed by atoms with van der Waals surface area (Å²) >= 11 is 0. The zero-order chi connectivity index (χ0) is 17.5. The Hall–Kier alpha value is -0.240. The quantitative estimate of drug-likeness (QED) is 0.512. The molecule has 0 radical (unpaired) electrons. The molecule has 6 nitrogen and oxygen atoms in total. The molecule has 0 unspecified atom stereocenters. The molecule has 0 atom stereocenters. The largest absolute Gasteiger partial charge is 0.328 e. The van der Waals surface area contributed by atoms with Gasteiger partial charge in [-0.3, -0.25) is 0 Å². The number of rotatable bonds is 12. The second-order valence-electron chi connectivity index (χ2n) is 4.32. The minimum Gasteiger partial charge on any atom is -0.328 e. The lowest BCUT2D eigenvalue weighted by atomic mass is 10.6. The van der Waals surface area contributed by atoms with Gasteiger partial charge in [0.05, 0.1) is 0 Å². The summed E-state index contributed by atoms with van der Waals surface area (Å²) in [5.74, 6) is -1.70. The molecule has 0 amide bonds. The molecule has 0 aliphatic carbocycles. The predicted octanol–water partition coefficient (Wildman–Crippen LogP) is 3.54. The second-order valence-corrected chi connectivity index (χ2v) is 4.32. The SMILES string of the molecule is CCOC(C)(OCC)OCC.CCOC(C)(OCC)OCC. The maximum atomic E-state index is 5.27. The fourth-order valence-corrected chi connectivity index (χ4v) is 1.82. The number of hydrogen-bond acceptors (Lipinski definition) is 6. The van der Waals surface area contributed by atoms with Crippen molar-refractivity contribution in [3.8, 4) is 0 Å². The van der Waals surface area contributed by atoms with Gasteiger partial charge in [-0.2, -0.15) is 0 Å². The summed E-state index contributed by atoms with van der Waals surface area (Å²) in [6.45, 7) is 18.6. The molecule has 0 fully saturated rings. The molecule has 6 heteroatoms. The first-order chi connectivity index (χ1) is 10.4. The zero-order valence-corrected chi connectivity index (χ0v) is 15.7. The van der Waals surface area contributed by atoms with E-state index in [-0.39, 0.29) is 0 Å². The molecule has 0 aromatic carbocycles.